The lowest BCUT2D eigenvalue weighted by Gasteiger charge is -2.07. The summed E-state index contributed by atoms with van der Waals surface area (Å²) in [5.41, 5.74) is 2.41. The van der Waals surface area contributed by atoms with E-state index in [1.165, 1.54) is 23.1 Å². The molecule has 0 aromatic carbocycles. The maximum absolute atomic E-state index is 12.7. The van der Waals surface area contributed by atoms with Crippen LogP contribution in [0.25, 0.3) is 0 Å². The number of hydrogen-bond acceptors (Lipinski definition) is 8. The van der Waals surface area contributed by atoms with Gasteiger partial charge in [-0.2, -0.15) is 0 Å². The van der Waals surface area contributed by atoms with Gasteiger partial charge in [0.2, 0.25) is 5.13 Å². The van der Waals surface area contributed by atoms with E-state index in [0.29, 0.717) is 27.4 Å². The van der Waals surface area contributed by atoms with Crippen molar-refractivity contribution in [1.29, 1.82) is 0 Å². The average Bonchev–Trinajstić information content (AvgIpc) is 3.31. The molecule has 1 N–H and O–H groups in total. The van der Waals surface area contributed by atoms with E-state index >= 15 is 0 Å². The van der Waals surface area contributed by atoms with Crippen LogP contribution in [0, 0.1) is 13.8 Å². The Morgan fingerprint density at radius 3 is 2.96 bits per heavy atom. The lowest BCUT2D eigenvalue weighted by atomic mass is 10.2. The topological polar surface area (TPSA) is 93.8 Å². The van der Waals surface area contributed by atoms with Crippen LogP contribution in [0.15, 0.2) is 27.9 Å². The van der Waals surface area contributed by atoms with Crippen molar-refractivity contribution in [3.05, 3.63) is 45.9 Å². The van der Waals surface area contributed by atoms with Crippen LogP contribution >= 0.6 is 23.1 Å². The van der Waals surface area contributed by atoms with Gasteiger partial charge in [-0.05, 0) is 38.8 Å². The number of amides is 1. The molecule has 0 atom stereocenters. The van der Waals surface area contributed by atoms with Gasteiger partial charge in [-0.15, -0.1) is 22.0 Å². The van der Waals surface area contributed by atoms with Gasteiger partial charge >= 0.3 is 0 Å². The summed E-state index contributed by atoms with van der Waals surface area (Å²) < 4.78 is 5.19. The lowest BCUT2D eigenvalue weighted by molar-refractivity contribution is 0.102. The highest BCUT2D eigenvalue weighted by Crippen LogP contribution is 2.42. The lowest BCUT2D eigenvalue weighted by Crippen LogP contribution is -2.13. The second-order valence-electron chi connectivity index (χ2n) is 6.12. The quantitative estimate of drug-likeness (QED) is 0.640. The van der Waals surface area contributed by atoms with Gasteiger partial charge in [0.25, 0.3) is 5.91 Å². The second kappa shape index (κ2) is 7.16. The minimum atomic E-state index is -0.224. The van der Waals surface area contributed by atoms with Gasteiger partial charge in [0.15, 0.2) is 0 Å². The van der Waals surface area contributed by atoms with Crippen molar-refractivity contribution in [3.8, 4) is 0 Å². The minimum Gasteiger partial charge on any atom is -0.361 e. The Kier molecular flexibility index (Phi) is 4.73. The molecule has 3 heterocycles. The van der Waals surface area contributed by atoms with E-state index in [0.717, 1.165) is 34.9 Å². The van der Waals surface area contributed by atoms with Crippen LogP contribution in [0.3, 0.4) is 0 Å². The van der Waals surface area contributed by atoms with Crippen LogP contribution in [0.2, 0.25) is 0 Å². The Labute approximate surface area is 158 Å². The molecule has 0 spiro atoms. The van der Waals surface area contributed by atoms with Crippen LogP contribution in [0.5, 0.6) is 0 Å². The summed E-state index contributed by atoms with van der Waals surface area (Å²) in [6.45, 7) is 3.79. The summed E-state index contributed by atoms with van der Waals surface area (Å²) >= 11 is 2.93. The summed E-state index contributed by atoms with van der Waals surface area (Å²) in [4.78, 5) is 17.0. The van der Waals surface area contributed by atoms with E-state index < -0.39 is 0 Å². The predicted molar refractivity (Wildman–Crippen MR) is 99.6 cm³/mol. The molecule has 1 amide bonds. The Balaban J connectivity index is 1.48. The summed E-state index contributed by atoms with van der Waals surface area (Å²) in [7, 11) is 0. The molecule has 1 aliphatic carbocycles. The largest absolute Gasteiger partial charge is 0.361 e. The molecule has 1 aliphatic rings. The van der Waals surface area contributed by atoms with Crippen molar-refractivity contribution in [2.45, 2.75) is 43.4 Å². The van der Waals surface area contributed by atoms with E-state index in [2.05, 4.69) is 25.7 Å². The molecule has 1 fully saturated rings. The maximum atomic E-state index is 12.7. The van der Waals surface area contributed by atoms with Gasteiger partial charge in [0.05, 0.1) is 11.3 Å². The molecule has 0 unspecified atom stereocenters. The van der Waals surface area contributed by atoms with Crippen molar-refractivity contribution in [3.63, 3.8) is 0 Å². The number of thioether (sulfide) groups is 1. The molecule has 9 heteroatoms. The summed E-state index contributed by atoms with van der Waals surface area (Å²) in [5.74, 6) is 1.73. The van der Waals surface area contributed by atoms with Gasteiger partial charge in [0.1, 0.15) is 15.8 Å². The monoisotopic (exact) mass is 387 g/mol. The second-order valence-corrected chi connectivity index (χ2v) is 8.09. The molecule has 3 aromatic heterocycles. The third-order valence-corrected chi connectivity index (χ3v) is 6.17. The number of pyridine rings is 1. The fraction of sp³-hybridized carbons (Fsp3) is 0.353. The highest BCUT2D eigenvalue weighted by atomic mass is 32.2. The molecule has 3 aromatic rings. The Bertz CT molecular complexity index is 929. The first-order valence-corrected chi connectivity index (χ1v) is 10.1. The first kappa shape index (κ1) is 17.2. The minimum absolute atomic E-state index is 0.224. The Morgan fingerprint density at radius 1 is 1.38 bits per heavy atom. The van der Waals surface area contributed by atoms with Gasteiger partial charge in [-0.3, -0.25) is 10.1 Å². The smallest absolute Gasteiger partial charge is 0.260 e. The van der Waals surface area contributed by atoms with E-state index in [1.54, 1.807) is 18.3 Å². The normalized spacial score (nSPS) is 13.8. The number of hydrogen-bond donors (Lipinski definition) is 1. The molecular formula is C17H17N5O2S2. The molecule has 0 aliphatic heterocycles. The molecule has 1 saturated carbocycles. The van der Waals surface area contributed by atoms with E-state index in [9.17, 15) is 4.79 Å². The summed E-state index contributed by atoms with van der Waals surface area (Å²) in [6.07, 6.45) is 4.00. The first-order chi connectivity index (χ1) is 12.6. The predicted octanol–water partition coefficient (Wildman–Crippen LogP) is 3.96. The first-order valence-electron chi connectivity index (χ1n) is 8.26. The third kappa shape index (κ3) is 3.63. The maximum Gasteiger partial charge on any atom is 0.260 e. The van der Waals surface area contributed by atoms with Crippen molar-refractivity contribution < 1.29 is 9.32 Å². The van der Waals surface area contributed by atoms with Gasteiger partial charge in [-0.1, -0.05) is 16.5 Å². The zero-order valence-electron chi connectivity index (χ0n) is 14.4. The number of carbonyl (C=O) groups is 1. The number of aryl methyl sites for hydroxylation is 2. The fourth-order valence-corrected chi connectivity index (χ4v) is 4.52. The van der Waals surface area contributed by atoms with Gasteiger partial charge in [-0.25, -0.2) is 4.98 Å². The highest BCUT2D eigenvalue weighted by Gasteiger charge is 2.28. The van der Waals surface area contributed by atoms with Crippen LogP contribution in [0.1, 0.15) is 51.1 Å². The number of aromatic nitrogens is 4. The summed E-state index contributed by atoms with van der Waals surface area (Å²) in [5, 5.41) is 17.2. The molecule has 0 saturated heterocycles. The molecule has 0 bridgehead atoms. The zero-order valence-corrected chi connectivity index (χ0v) is 16.0. The number of nitrogens with zero attached hydrogens (tertiary/aromatic N) is 4. The van der Waals surface area contributed by atoms with Crippen LogP contribution in [-0.4, -0.2) is 26.2 Å². The molecular weight excluding hydrogens is 370 g/mol. The van der Waals surface area contributed by atoms with Crippen molar-refractivity contribution in [2.24, 2.45) is 0 Å². The number of nitrogens with one attached hydrogen (secondary N) is 1. The molecule has 0 radical (unpaired) electrons. The molecule has 26 heavy (non-hydrogen) atoms. The zero-order chi connectivity index (χ0) is 18.1. The summed E-state index contributed by atoms with van der Waals surface area (Å²) in [6, 6.07) is 3.52. The average molecular weight is 387 g/mol. The van der Waals surface area contributed by atoms with E-state index in [4.69, 9.17) is 4.52 Å². The Morgan fingerprint density at radius 2 is 2.23 bits per heavy atom. The third-order valence-electron chi connectivity index (χ3n) is 4.14. The van der Waals surface area contributed by atoms with Crippen molar-refractivity contribution >= 4 is 34.1 Å². The fourth-order valence-electron chi connectivity index (χ4n) is 2.47. The standard InChI is InChI=1S/C17H17N5O2S2/c1-9-13(10(2)24-22-9)8-25-16-12(4-3-7-18-16)14(23)19-17-21-20-15(26-17)11-5-6-11/h3-4,7,11H,5-6,8H2,1-2H3,(H,19,21,23). The van der Waals surface area contributed by atoms with Crippen molar-refractivity contribution in [2.75, 3.05) is 5.32 Å². The van der Waals surface area contributed by atoms with Crippen LogP contribution in [0.4, 0.5) is 5.13 Å². The van der Waals surface area contributed by atoms with Gasteiger partial charge < -0.3 is 4.52 Å². The molecule has 134 valence electrons. The highest BCUT2D eigenvalue weighted by molar-refractivity contribution is 7.98. The number of carbonyl (C=O) groups excluding carboxylic acids is 1. The van der Waals surface area contributed by atoms with E-state index in [-0.39, 0.29) is 5.91 Å². The molecule has 7 nitrogen and oxygen atoms in total. The SMILES string of the molecule is Cc1noc(C)c1CSc1ncccc1C(=O)Nc1nnc(C2CC2)s1. The van der Waals surface area contributed by atoms with Crippen LogP contribution in [-0.2, 0) is 5.75 Å². The van der Waals surface area contributed by atoms with E-state index in [1.807, 2.05) is 13.8 Å². The van der Waals surface area contributed by atoms with Gasteiger partial charge in [0, 0.05) is 23.4 Å². The Hall–Kier alpha value is -2.26. The number of anilines is 1. The van der Waals surface area contributed by atoms with Crippen LogP contribution < -0.4 is 5.32 Å². The van der Waals surface area contributed by atoms with Crippen molar-refractivity contribution in [1.82, 2.24) is 20.3 Å². The number of rotatable bonds is 6. The molecule has 4 rings (SSSR count).